The van der Waals surface area contributed by atoms with Crippen molar-refractivity contribution in [3.05, 3.63) is 57.9 Å². The number of hydrogen-bond acceptors (Lipinski definition) is 3. The molecule has 0 aliphatic rings. The number of benzene rings is 1. The van der Waals surface area contributed by atoms with Crippen molar-refractivity contribution in [3.63, 3.8) is 0 Å². The number of pyridine rings is 1. The van der Waals surface area contributed by atoms with E-state index in [0.29, 0.717) is 18.7 Å². The summed E-state index contributed by atoms with van der Waals surface area (Å²) in [7, 11) is 1.64. The van der Waals surface area contributed by atoms with Gasteiger partial charge < -0.3 is 15.0 Å². The summed E-state index contributed by atoms with van der Waals surface area (Å²) in [4.78, 5) is 12.7. The van der Waals surface area contributed by atoms with E-state index in [9.17, 15) is 4.79 Å². The van der Waals surface area contributed by atoms with Crippen LogP contribution >= 0.6 is 0 Å². The normalized spacial score (nSPS) is 12.4. The molecule has 0 saturated heterocycles. The van der Waals surface area contributed by atoms with Gasteiger partial charge in [0.25, 0.3) is 5.56 Å². The van der Waals surface area contributed by atoms with Crippen LogP contribution in [-0.2, 0) is 17.7 Å². The van der Waals surface area contributed by atoms with Gasteiger partial charge in [0.2, 0.25) is 0 Å². The van der Waals surface area contributed by atoms with Crippen LogP contribution in [0.2, 0.25) is 0 Å². The molecule has 1 atom stereocenters. The molecule has 0 fully saturated rings. The third kappa shape index (κ3) is 3.46. The van der Waals surface area contributed by atoms with Crippen LogP contribution in [-0.4, -0.2) is 18.3 Å². The summed E-state index contributed by atoms with van der Waals surface area (Å²) in [6.45, 7) is 4.96. The zero-order valence-corrected chi connectivity index (χ0v) is 13.5. The van der Waals surface area contributed by atoms with E-state index in [1.807, 2.05) is 19.1 Å². The molecule has 0 aliphatic heterocycles. The van der Waals surface area contributed by atoms with Crippen LogP contribution in [0.25, 0.3) is 11.3 Å². The molecule has 4 heteroatoms. The highest BCUT2D eigenvalue weighted by Crippen LogP contribution is 2.20. The average Bonchev–Trinajstić information content (AvgIpc) is 2.53. The van der Waals surface area contributed by atoms with Crippen molar-refractivity contribution in [2.45, 2.75) is 32.9 Å². The molecule has 0 radical (unpaired) electrons. The SMILES string of the molecule is CCc1ccc(-c2ccc(C(C)N)c(=O)n2CCOC)cc1. The molecule has 1 aromatic heterocycles. The second-order valence-electron chi connectivity index (χ2n) is 5.46. The highest BCUT2D eigenvalue weighted by atomic mass is 16.5. The van der Waals surface area contributed by atoms with Crippen molar-refractivity contribution in [1.82, 2.24) is 4.57 Å². The van der Waals surface area contributed by atoms with Gasteiger partial charge in [-0.2, -0.15) is 0 Å². The first kappa shape index (κ1) is 16.5. The molecule has 0 amide bonds. The molecule has 2 rings (SSSR count). The first-order chi connectivity index (χ1) is 10.6. The van der Waals surface area contributed by atoms with Gasteiger partial charge in [-0.3, -0.25) is 4.79 Å². The van der Waals surface area contributed by atoms with Crippen LogP contribution in [0.5, 0.6) is 0 Å². The number of methoxy groups -OCH3 is 1. The Kier molecular flexibility index (Phi) is 5.52. The van der Waals surface area contributed by atoms with E-state index in [1.54, 1.807) is 11.7 Å². The maximum atomic E-state index is 12.7. The average molecular weight is 300 g/mol. The predicted molar refractivity (Wildman–Crippen MR) is 90.0 cm³/mol. The maximum Gasteiger partial charge on any atom is 0.255 e. The molecule has 0 spiro atoms. The fourth-order valence-corrected chi connectivity index (χ4v) is 2.51. The number of ether oxygens (including phenoxy) is 1. The zero-order valence-electron chi connectivity index (χ0n) is 13.5. The van der Waals surface area contributed by atoms with Crippen LogP contribution < -0.4 is 11.3 Å². The Labute approximate surface area is 131 Å². The second kappa shape index (κ2) is 7.38. The number of nitrogens with zero attached hydrogens (tertiary/aromatic N) is 1. The van der Waals surface area contributed by atoms with Crippen LogP contribution in [0.3, 0.4) is 0 Å². The number of hydrogen-bond donors (Lipinski definition) is 1. The summed E-state index contributed by atoms with van der Waals surface area (Å²) in [5.41, 5.74) is 9.69. The summed E-state index contributed by atoms with van der Waals surface area (Å²) < 4.78 is 6.89. The fourth-order valence-electron chi connectivity index (χ4n) is 2.51. The minimum absolute atomic E-state index is 0.0379. The van der Waals surface area contributed by atoms with Crippen LogP contribution in [0, 0.1) is 0 Å². The first-order valence-electron chi connectivity index (χ1n) is 7.66. The van der Waals surface area contributed by atoms with Crippen molar-refractivity contribution in [1.29, 1.82) is 0 Å². The van der Waals surface area contributed by atoms with Crippen LogP contribution in [0.4, 0.5) is 0 Å². The van der Waals surface area contributed by atoms with Gasteiger partial charge in [-0.1, -0.05) is 31.2 Å². The Bertz CT molecular complexity index is 672. The van der Waals surface area contributed by atoms with Gasteiger partial charge >= 0.3 is 0 Å². The molecule has 118 valence electrons. The number of aromatic nitrogens is 1. The Hall–Kier alpha value is -1.91. The van der Waals surface area contributed by atoms with Gasteiger partial charge in [0, 0.05) is 25.3 Å². The predicted octanol–water partition coefficient (Wildman–Crippen LogP) is 2.74. The monoisotopic (exact) mass is 300 g/mol. The van der Waals surface area contributed by atoms with Gasteiger partial charge in [-0.25, -0.2) is 0 Å². The minimum Gasteiger partial charge on any atom is -0.383 e. The summed E-state index contributed by atoms with van der Waals surface area (Å²) in [6, 6.07) is 11.8. The summed E-state index contributed by atoms with van der Waals surface area (Å²) in [5.74, 6) is 0. The largest absolute Gasteiger partial charge is 0.383 e. The molecule has 1 unspecified atom stereocenters. The summed E-state index contributed by atoms with van der Waals surface area (Å²) in [5, 5.41) is 0. The van der Waals surface area contributed by atoms with Gasteiger partial charge in [0.05, 0.1) is 12.3 Å². The third-order valence-electron chi connectivity index (χ3n) is 3.87. The minimum atomic E-state index is -0.280. The van der Waals surface area contributed by atoms with Crippen molar-refractivity contribution >= 4 is 0 Å². The summed E-state index contributed by atoms with van der Waals surface area (Å²) >= 11 is 0. The molecule has 0 bridgehead atoms. The molecule has 2 aromatic rings. The standard InChI is InChI=1S/C18H24N2O2/c1-4-14-5-7-15(8-6-14)17-10-9-16(13(2)19)18(21)20(17)11-12-22-3/h5-10,13H,4,11-12,19H2,1-3H3. The summed E-state index contributed by atoms with van der Waals surface area (Å²) in [6.07, 6.45) is 1.00. The Morgan fingerprint density at radius 2 is 1.86 bits per heavy atom. The topological polar surface area (TPSA) is 57.2 Å². The zero-order chi connectivity index (χ0) is 16.1. The highest BCUT2D eigenvalue weighted by molar-refractivity contribution is 5.60. The van der Waals surface area contributed by atoms with Crippen molar-refractivity contribution in [2.75, 3.05) is 13.7 Å². The molecule has 0 aliphatic carbocycles. The van der Waals surface area contributed by atoms with Crippen molar-refractivity contribution in [2.24, 2.45) is 5.73 Å². The molecule has 2 N–H and O–H groups in total. The molecule has 0 saturated carbocycles. The number of rotatable bonds is 6. The van der Waals surface area contributed by atoms with Gasteiger partial charge in [-0.05, 0) is 36.6 Å². The van der Waals surface area contributed by atoms with E-state index in [1.165, 1.54) is 5.56 Å². The van der Waals surface area contributed by atoms with Crippen molar-refractivity contribution < 1.29 is 4.74 Å². The van der Waals surface area contributed by atoms with E-state index >= 15 is 0 Å². The molecule has 22 heavy (non-hydrogen) atoms. The molecular formula is C18H24N2O2. The molecule has 1 heterocycles. The van der Waals surface area contributed by atoms with E-state index in [0.717, 1.165) is 17.7 Å². The molecule has 1 aromatic carbocycles. The van der Waals surface area contributed by atoms with Gasteiger partial charge in [0.15, 0.2) is 0 Å². The third-order valence-corrected chi connectivity index (χ3v) is 3.87. The Morgan fingerprint density at radius 1 is 1.18 bits per heavy atom. The number of nitrogens with two attached hydrogens (primary N) is 1. The van der Waals surface area contributed by atoms with Crippen molar-refractivity contribution in [3.8, 4) is 11.3 Å². The van der Waals surface area contributed by atoms with Crippen LogP contribution in [0.15, 0.2) is 41.2 Å². The lowest BCUT2D eigenvalue weighted by Crippen LogP contribution is -2.29. The number of aryl methyl sites for hydroxylation is 1. The van der Waals surface area contributed by atoms with Gasteiger partial charge in [-0.15, -0.1) is 0 Å². The van der Waals surface area contributed by atoms with Gasteiger partial charge in [0.1, 0.15) is 0 Å². The van der Waals surface area contributed by atoms with E-state index in [4.69, 9.17) is 10.5 Å². The van der Waals surface area contributed by atoms with E-state index in [-0.39, 0.29) is 11.6 Å². The second-order valence-corrected chi connectivity index (χ2v) is 5.46. The first-order valence-corrected chi connectivity index (χ1v) is 7.66. The smallest absolute Gasteiger partial charge is 0.255 e. The van der Waals surface area contributed by atoms with E-state index in [2.05, 4.69) is 31.2 Å². The lowest BCUT2D eigenvalue weighted by molar-refractivity contribution is 0.186. The maximum absolute atomic E-state index is 12.7. The Morgan fingerprint density at radius 3 is 2.41 bits per heavy atom. The highest BCUT2D eigenvalue weighted by Gasteiger charge is 2.12. The lowest BCUT2D eigenvalue weighted by Gasteiger charge is -2.16. The molecule has 4 nitrogen and oxygen atoms in total. The van der Waals surface area contributed by atoms with Crippen LogP contribution in [0.1, 0.15) is 31.0 Å². The fraction of sp³-hybridized carbons (Fsp3) is 0.389. The molecular weight excluding hydrogens is 276 g/mol. The van der Waals surface area contributed by atoms with E-state index < -0.39 is 0 Å². The quantitative estimate of drug-likeness (QED) is 0.892. The lowest BCUT2D eigenvalue weighted by atomic mass is 10.0. The Balaban J connectivity index is 2.53.